The molecule has 0 saturated heterocycles. The Kier molecular flexibility index (Phi) is 4.56. The quantitative estimate of drug-likeness (QED) is 0.681. The summed E-state index contributed by atoms with van der Waals surface area (Å²) in [7, 11) is 1.67. The molecule has 0 fully saturated rings. The van der Waals surface area contributed by atoms with E-state index in [0.717, 1.165) is 27.7 Å². The topological polar surface area (TPSA) is 36.3 Å². The number of thiazole rings is 1. The Morgan fingerprint density at radius 2 is 2.00 bits per heavy atom. The highest BCUT2D eigenvalue weighted by Gasteiger charge is 2.10. The van der Waals surface area contributed by atoms with Crippen LogP contribution in [0.3, 0.4) is 0 Å². The van der Waals surface area contributed by atoms with Crippen LogP contribution in [-0.2, 0) is 11.5 Å². The van der Waals surface area contributed by atoms with E-state index < -0.39 is 0 Å². The minimum Gasteiger partial charge on any atom is -0.497 e. The van der Waals surface area contributed by atoms with E-state index in [-0.39, 0.29) is 0 Å². The molecule has 2 heterocycles. The van der Waals surface area contributed by atoms with Gasteiger partial charge in [-0.3, -0.25) is 0 Å². The fraction of sp³-hybridized carbons (Fsp3) is 0.235. The second-order valence-electron chi connectivity index (χ2n) is 4.75. The third-order valence-electron chi connectivity index (χ3n) is 3.37. The van der Waals surface area contributed by atoms with Crippen LogP contribution < -0.4 is 4.74 Å². The maximum atomic E-state index is 5.48. The summed E-state index contributed by atoms with van der Waals surface area (Å²) in [6.45, 7) is 3.25. The molecule has 0 aliphatic heterocycles. The Morgan fingerprint density at radius 1 is 1.18 bits per heavy atom. The monoisotopic (exact) mass is 314 g/mol. The van der Waals surface area contributed by atoms with Crippen LogP contribution in [0.15, 0.2) is 48.0 Å². The summed E-state index contributed by atoms with van der Waals surface area (Å²) in [5, 5.41) is 3.07. The van der Waals surface area contributed by atoms with Gasteiger partial charge in [0.15, 0.2) is 0 Å². The lowest BCUT2D eigenvalue weighted by atomic mass is 10.2. The third kappa shape index (κ3) is 3.05. The van der Waals surface area contributed by atoms with Crippen molar-refractivity contribution in [2.24, 2.45) is 0 Å². The lowest BCUT2D eigenvalue weighted by molar-refractivity contribution is 0.0892. The number of aromatic nitrogens is 2. The standard InChI is InChI=1S/C17H18N2O2S/c1-3-21-12-19-10-4-5-16(19)17-18-15(11-22-17)13-6-8-14(20-2)9-7-13/h4-11H,3,12H2,1-2H3. The van der Waals surface area contributed by atoms with Crippen molar-refractivity contribution in [2.75, 3.05) is 13.7 Å². The van der Waals surface area contributed by atoms with Crippen molar-refractivity contribution >= 4 is 11.3 Å². The van der Waals surface area contributed by atoms with Gasteiger partial charge in [0.1, 0.15) is 17.5 Å². The number of nitrogens with zero attached hydrogens (tertiary/aromatic N) is 2. The lowest BCUT2D eigenvalue weighted by Crippen LogP contribution is -2.02. The number of rotatable bonds is 6. The zero-order valence-corrected chi connectivity index (χ0v) is 13.5. The average Bonchev–Trinajstić information content (AvgIpc) is 3.21. The minimum absolute atomic E-state index is 0.552. The first-order chi connectivity index (χ1) is 10.8. The fourth-order valence-electron chi connectivity index (χ4n) is 2.20. The molecular weight excluding hydrogens is 296 g/mol. The molecule has 2 aromatic heterocycles. The van der Waals surface area contributed by atoms with E-state index >= 15 is 0 Å². The number of hydrogen-bond acceptors (Lipinski definition) is 4. The Labute approximate surface area is 134 Å². The number of methoxy groups -OCH3 is 1. The molecule has 4 nitrogen and oxygen atoms in total. The summed E-state index contributed by atoms with van der Waals surface area (Å²) < 4.78 is 12.7. The molecule has 0 atom stereocenters. The Bertz CT molecular complexity index is 731. The molecule has 0 unspecified atom stereocenters. The van der Waals surface area contributed by atoms with E-state index in [1.54, 1.807) is 18.4 Å². The van der Waals surface area contributed by atoms with Gasteiger partial charge in [-0.1, -0.05) is 0 Å². The summed E-state index contributed by atoms with van der Waals surface area (Å²) in [5.74, 6) is 0.852. The van der Waals surface area contributed by atoms with Crippen LogP contribution in [-0.4, -0.2) is 23.3 Å². The molecule has 3 rings (SSSR count). The van der Waals surface area contributed by atoms with Gasteiger partial charge < -0.3 is 14.0 Å². The molecule has 0 aliphatic carbocycles. The van der Waals surface area contributed by atoms with Gasteiger partial charge in [-0.05, 0) is 43.3 Å². The fourth-order valence-corrected chi connectivity index (χ4v) is 3.07. The van der Waals surface area contributed by atoms with Crippen molar-refractivity contribution in [3.63, 3.8) is 0 Å². The first kappa shape index (κ1) is 14.8. The zero-order chi connectivity index (χ0) is 15.4. The van der Waals surface area contributed by atoms with Crippen LogP contribution in [0.2, 0.25) is 0 Å². The molecule has 22 heavy (non-hydrogen) atoms. The normalized spacial score (nSPS) is 10.8. The number of hydrogen-bond donors (Lipinski definition) is 0. The molecule has 0 N–H and O–H groups in total. The summed E-state index contributed by atoms with van der Waals surface area (Å²) in [6, 6.07) is 12.0. The number of ether oxygens (including phenoxy) is 2. The van der Waals surface area contributed by atoms with E-state index in [1.807, 2.05) is 43.5 Å². The van der Waals surface area contributed by atoms with Gasteiger partial charge >= 0.3 is 0 Å². The van der Waals surface area contributed by atoms with Crippen LogP contribution in [0.5, 0.6) is 5.75 Å². The summed E-state index contributed by atoms with van der Waals surface area (Å²) in [5.41, 5.74) is 3.15. The highest BCUT2D eigenvalue weighted by atomic mass is 32.1. The third-order valence-corrected chi connectivity index (χ3v) is 4.24. The predicted molar refractivity (Wildman–Crippen MR) is 89.2 cm³/mol. The zero-order valence-electron chi connectivity index (χ0n) is 12.7. The van der Waals surface area contributed by atoms with Gasteiger partial charge in [0.25, 0.3) is 0 Å². The van der Waals surface area contributed by atoms with Gasteiger partial charge in [0.2, 0.25) is 0 Å². The Hall–Kier alpha value is -2.11. The van der Waals surface area contributed by atoms with Crippen LogP contribution >= 0.6 is 11.3 Å². The lowest BCUT2D eigenvalue weighted by Gasteiger charge is -2.06. The summed E-state index contributed by atoms with van der Waals surface area (Å²) in [6.07, 6.45) is 2.01. The molecular formula is C17H18N2O2S. The summed E-state index contributed by atoms with van der Waals surface area (Å²) in [4.78, 5) is 4.75. The van der Waals surface area contributed by atoms with Crippen LogP contribution in [0.4, 0.5) is 0 Å². The second-order valence-corrected chi connectivity index (χ2v) is 5.61. The van der Waals surface area contributed by atoms with Gasteiger partial charge in [-0.25, -0.2) is 4.98 Å². The molecule has 0 spiro atoms. The molecule has 114 valence electrons. The average molecular weight is 314 g/mol. The van der Waals surface area contributed by atoms with E-state index in [0.29, 0.717) is 13.3 Å². The second kappa shape index (κ2) is 6.77. The minimum atomic E-state index is 0.552. The van der Waals surface area contributed by atoms with Gasteiger partial charge in [-0.15, -0.1) is 11.3 Å². The molecule has 0 amide bonds. The van der Waals surface area contributed by atoms with Gasteiger partial charge in [-0.2, -0.15) is 0 Å². The van der Waals surface area contributed by atoms with Crippen LogP contribution in [0.25, 0.3) is 22.0 Å². The van der Waals surface area contributed by atoms with Gasteiger partial charge in [0, 0.05) is 23.7 Å². The van der Waals surface area contributed by atoms with Crippen molar-refractivity contribution in [1.29, 1.82) is 0 Å². The van der Waals surface area contributed by atoms with Crippen molar-refractivity contribution in [2.45, 2.75) is 13.7 Å². The van der Waals surface area contributed by atoms with E-state index in [2.05, 4.69) is 16.0 Å². The molecule has 0 aliphatic rings. The largest absolute Gasteiger partial charge is 0.497 e. The van der Waals surface area contributed by atoms with Crippen molar-refractivity contribution in [3.05, 3.63) is 48.0 Å². The highest BCUT2D eigenvalue weighted by Crippen LogP contribution is 2.30. The van der Waals surface area contributed by atoms with Crippen molar-refractivity contribution < 1.29 is 9.47 Å². The Morgan fingerprint density at radius 3 is 2.73 bits per heavy atom. The molecule has 3 aromatic rings. The SMILES string of the molecule is CCOCn1cccc1-c1nc(-c2ccc(OC)cc2)cs1. The van der Waals surface area contributed by atoms with E-state index in [1.165, 1.54) is 0 Å². The molecule has 5 heteroatoms. The van der Waals surface area contributed by atoms with E-state index in [9.17, 15) is 0 Å². The molecule has 0 radical (unpaired) electrons. The van der Waals surface area contributed by atoms with Crippen molar-refractivity contribution in [3.8, 4) is 27.7 Å². The molecule has 1 aromatic carbocycles. The van der Waals surface area contributed by atoms with Crippen molar-refractivity contribution in [1.82, 2.24) is 9.55 Å². The molecule has 0 saturated carbocycles. The number of benzene rings is 1. The highest BCUT2D eigenvalue weighted by molar-refractivity contribution is 7.13. The maximum Gasteiger partial charge on any atom is 0.140 e. The first-order valence-electron chi connectivity index (χ1n) is 7.15. The predicted octanol–water partition coefficient (Wildman–Crippen LogP) is 4.28. The first-order valence-corrected chi connectivity index (χ1v) is 8.03. The van der Waals surface area contributed by atoms with E-state index in [4.69, 9.17) is 14.5 Å². The van der Waals surface area contributed by atoms with Crippen LogP contribution in [0, 0.1) is 0 Å². The smallest absolute Gasteiger partial charge is 0.140 e. The molecule has 0 bridgehead atoms. The Balaban J connectivity index is 1.85. The summed E-state index contributed by atoms with van der Waals surface area (Å²) >= 11 is 1.64. The maximum absolute atomic E-state index is 5.48. The van der Waals surface area contributed by atoms with Crippen LogP contribution in [0.1, 0.15) is 6.92 Å². The van der Waals surface area contributed by atoms with Gasteiger partial charge in [0.05, 0.1) is 18.5 Å².